The molecule has 2 aliphatic rings. The Labute approximate surface area is 228 Å². The average Bonchev–Trinajstić information content (AvgIpc) is 2.91. The second kappa shape index (κ2) is 19.0. The zero-order valence-electron chi connectivity index (χ0n) is 25.0. The maximum absolute atomic E-state index is 10.9. The molecule has 0 radical (unpaired) electrons. The van der Waals surface area contributed by atoms with Gasteiger partial charge in [-0.1, -0.05) is 40.2 Å². The van der Waals surface area contributed by atoms with E-state index in [2.05, 4.69) is 81.2 Å². The van der Waals surface area contributed by atoms with Crippen molar-refractivity contribution in [3.05, 3.63) is 60.2 Å². The molecule has 0 atom stereocenters. The molecule has 2 aliphatic heterocycles. The van der Waals surface area contributed by atoms with Crippen LogP contribution in [-0.4, -0.2) is 63.8 Å². The van der Waals surface area contributed by atoms with Gasteiger partial charge in [-0.05, 0) is 108 Å². The normalized spacial score (nSPS) is 16.5. The van der Waals surface area contributed by atoms with E-state index in [-0.39, 0.29) is 0 Å². The molecule has 2 fully saturated rings. The molecule has 4 heterocycles. The van der Waals surface area contributed by atoms with Crippen LogP contribution in [0.1, 0.15) is 110 Å². The number of aromatic nitrogens is 2. The van der Waals surface area contributed by atoms with Crippen molar-refractivity contribution in [3.8, 4) is 0 Å². The van der Waals surface area contributed by atoms with Crippen LogP contribution in [0.15, 0.2) is 49.1 Å². The van der Waals surface area contributed by atoms with Gasteiger partial charge in [0.05, 0.1) is 6.54 Å². The van der Waals surface area contributed by atoms with Gasteiger partial charge in [0.25, 0.3) is 0 Å². The second-order valence-corrected chi connectivity index (χ2v) is 11.3. The number of nitrogens with zero attached hydrogens (tertiary/aromatic N) is 4. The summed E-state index contributed by atoms with van der Waals surface area (Å²) < 4.78 is 0. The molecule has 37 heavy (non-hydrogen) atoms. The van der Waals surface area contributed by atoms with Gasteiger partial charge in [0.1, 0.15) is 5.78 Å². The highest BCUT2D eigenvalue weighted by atomic mass is 16.1. The fraction of sp³-hybridized carbons (Fsp3) is 0.656. The van der Waals surface area contributed by atoms with Crippen molar-refractivity contribution in [2.75, 3.05) is 26.2 Å². The summed E-state index contributed by atoms with van der Waals surface area (Å²) in [5.41, 5.74) is 2.66. The summed E-state index contributed by atoms with van der Waals surface area (Å²) in [6.45, 7) is 22.0. The number of carbonyl (C=O) groups is 1. The predicted molar refractivity (Wildman–Crippen MR) is 158 cm³/mol. The summed E-state index contributed by atoms with van der Waals surface area (Å²) in [7, 11) is 0. The van der Waals surface area contributed by atoms with E-state index in [0.717, 1.165) is 25.4 Å². The van der Waals surface area contributed by atoms with Crippen molar-refractivity contribution in [1.82, 2.24) is 19.8 Å². The number of rotatable bonds is 4. The minimum Gasteiger partial charge on any atom is -0.301 e. The van der Waals surface area contributed by atoms with Crippen LogP contribution in [0, 0.1) is 0 Å². The molecular weight excluding hydrogens is 456 g/mol. The number of carbonyl (C=O) groups excluding carboxylic acids is 1. The summed E-state index contributed by atoms with van der Waals surface area (Å²) in [4.78, 5) is 23.7. The van der Waals surface area contributed by atoms with Crippen molar-refractivity contribution in [2.24, 2.45) is 0 Å². The Morgan fingerprint density at radius 2 is 1.22 bits per heavy atom. The summed E-state index contributed by atoms with van der Waals surface area (Å²) in [5.74, 6) is 1.62. The highest BCUT2D eigenvalue weighted by molar-refractivity contribution is 5.81. The van der Waals surface area contributed by atoms with Crippen molar-refractivity contribution in [3.63, 3.8) is 0 Å². The van der Waals surface area contributed by atoms with E-state index in [1.165, 1.54) is 43.5 Å². The molecule has 5 heteroatoms. The molecule has 4 rings (SSSR count). The van der Waals surface area contributed by atoms with Crippen molar-refractivity contribution in [2.45, 2.75) is 111 Å². The van der Waals surface area contributed by atoms with E-state index in [9.17, 15) is 4.79 Å². The summed E-state index contributed by atoms with van der Waals surface area (Å²) in [6.07, 6.45) is 13.5. The van der Waals surface area contributed by atoms with Gasteiger partial charge in [-0.25, -0.2) is 0 Å². The maximum Gasteiger partial charge on any atom is 0.146 e. The van der Waals surface area contributed by atoms with Crippen LogP contribution in [0.25, 0.3) is 0 Å². The van der Waals surface area contributed by atoms with Gasteiger partial charge < -0.3 is 4.90 Å². The smallest absolute Gasteiger partial charge is 0.146 e. The van der Waals surface area contributed by atoms with Crippen LogP contribution in [0.5, 0.6) is 0 Å². The molecule has 0 bridgehead atoms. The molecule has 0 spiro atoms. The average molecular weight is 511 g/mol. The number of ketones is 1. The molecule has 0 aliphatic carbocycles. The predicted octanol–water partition coefficient (Wildman–Crippen LogP) is 7.35. The Morgan fingerprint density at radius 1 is 0.649 bits per heavy atom. The number of hydrogen-bond acceptors (Lipinski definition) is 5. The molecule has 0 aromatic carbocycles. The van der Waals surface area contributed by atoms with Gasteiger partial charge in [-0.3, -0.25) is 19.7 Å². The number of hydrogen-bond donors (Lipinski definition) is 0. The van der Waals surface area contributed by atoms with Gasteiger partial charge in [0.2, 0.25) is 0 Å². The number of likely N-dealkylation sites (tertiary alicyclic amines) is 2. The first kappa shape index (κ1) is 32.9. The van der Waals surface area contributed by atoms with E-state index in [4.69, 9.17) is 0 Å². The van der Waals surface area contributed by atoms with Gasteiger partial charge in [0.15, 0.2) is 0 Å². The fourth-order valence-corrected chi connectivity index (χ4v) is 4.21. The Kier molecular flexibility index (Phi) is 16.9. The Hall–Kier alpha value is -2.11. The number of piperidine rings is 2. The Morgan fingerprint density at radius 3 is 1.57 bits per heavy atom. The Bertz CT molecular complexity index is 772. The van der Waals surface area contributed by atoms with Crippen LogP contribution >= 0.6 is 0 Å². The van der Waals surface area contributed by atoms with Crippen LogP contribution < -0.4 is 0 Å². The quantitative estimate of drug-likeness (QED) is 0.430. The molecular formula is C32H54N4O. The maximum atomic E-state index is 10.9. The molecule has 2 aromatic heterocycles. The molecule has 0 unspecified atom stereocenters. The van der Waals surface area contributed by atoms with Gasteiger partial charge in [0, 0.05) is 43.3 Å². The molecule has 2 aromatic rings. The summed E-state index contributed by atoms with van der Waals surface area (Å²) >= 11 is 0. The summed E-state index contributed by atoms with van der Waals surface area (Å²) in [5, 5.41) is 0. The van der Waals surface area contributed by atoms with E-state index in [1.807, 2.05) is 36.8 Å². The van der Waals surface area contributed by atoms with Gasteiger partial charge in [-0.2, -0.15) is 0 Å². The molecule has 0 saturated carbocycles. The van der Waals surface area contributed by atoms with Gasteiger partial charge >= 0.3 is 0 Å². The number of pyridine rings is 2. The van der Waals surface area contributed by atoms with Crippen LogP contribution in [0.3, 0.4) is 0 Å². The van der Waals surface area contributed by atoms with E-state index >= 15 is 0 Å². The zero-order valence-corrected chi connectivity index (χ0v) is 25.0. The third-order valence-electron chi connectivity index (χ3n) is 6.86. The molecule has 208 valence electrons. The highest BCUT2D eigenvalue weighted by Gasteiger charge is 2.18. The van der Waals surface area contributed by atoms with Crippen LogP contribution in [0.4, 0.5) is 0 Å². The standard InChI is InChI=1S/C8H15NO.2C8H11N.C8H17N/c1-7(2)9-5-3-4-8(10)6-9;1-7(2)8-3-5-9-6-4-8;1-7(2)8-4-3-5-9-6-8;1-8(2)9-6-4-3-5-7-9/h7H,3-6H2,1-2H3;2*3-7H,1-2H3;8H,3-7H2,1-2H3. The highest BCUT2D eigenvalue weighted by Crippen LogP contribution is 2.12. The van der Waals surface area contributed by atoms with E-state index in [1.54, 1.807) is 6.20 Å². The van der Waals surface area contributed by atoms with Crippen LogP contribution in [0.2, 0.25) is 0 Å². The van der Waals surface area contributed by atoms with Crippen molar-refractivity contribution in [1.29, 1.82) is 0 Å². The minimum absolute atomic E-state index is 0.403. The van der Waals surface area contributed by atoms with Crippen molar-refractivity contribution < 1.29 is 4.79 Å². The molecule has 0 amide bonds. The third kappa shape index (κ3) is 15.0. The van der Waals surface area contributed by atoms with Crippen molar-refractivity contribution >= 4 is 5.78 Å². The first-order chi connectivity index (χ1) is 17.6. The monoisotopic (exact) mass is 510 g/mol. The van der Waals surface area contributed by atoms with E-state index in [0.29, 0.717) is 30.2 Å². The van der Waals surface area contributed by atoms with Gasteiger partial charge in [-0.15, -0.1) is 0 Å². The van der Waals surface area contributed by atoms with Crippen LogP contribution in [-0.2, 0) is 4.79 Å². The molecule has 0 N–H and O–H groups in total. The van der Waals surface area contributed by atoms with E-state index < -0.39 is 0 Å². The first-order valence-corrected chi connectivity index (χ1v) is 14.4. The third-order valence-corrected chi connectivity index (χ3v) is 6.86. The Balaban J connectivity index is 0.000000247. The summed E-state index contributed by atoms with van der Waals surface area (Å²) in [6, 6.07) is 9.46. The lowest BCUT2D eigenvalue weighted by molar-refractivity contribution is -0.122. The lowest BCUT2D eigenvalue weighted by Gasteiger charge is -2.29. The SMILES string of the molecule is CC(C)N1CCCC(=O)C1.CC(C)N1CCCCC1.CC(C)c1cccnc1.CC(C)c1ccncc1. The lowest BCUT2D eigenvalue weighted by atomic mass is 10.1. The number of Topliss-reactive ketones (excluding diaryl/α,β-unsaturated/α-hetero) is 1. The second-order valence-electron chi connectivity index (χ2n) is 11.3. The lowest BCUT2D eigenvalue weighted by Crippen LogP contribution is -2.40. The fourth-order valence-electron chi connectivity index (χ4n) is 4.21. The largest absolute Gasteiger partial charge is 0.301 e. The molecule has 2 saturated heterocycles. The minimum atomic E-state index is 0.403. The topological polar surface area (TPSA) is 49.3 Å². The molecule has 5 nitrogen and oxygen atoms in total. The first-order valence-electron chi connectivity index (χ1n) is 14.4. The zero-order chi connectivity index (χ0) is 27.6.